The molecule has 1 saturated heterocycles. The van der Waals surface area contributed by atoms with Crippen LogP contribution in [0.1, 0.15) is 43.4 Å². The highest BCUT2D eigenvalue weighted by molar-refractivity contribution is 9.10. The normalized spacial score (nSPS) is 18.1. The van der Waals surface area contributed by atoms with Gasteiger partial charge in [-0.3, -0.25) is 14.7 Å². The number of carbonyl (C=O) groups excluding carboxylic acids is 1. The van der Waals surface area contributed by atoms with Gasteiger partial charge in [0.1, 0.15) is 0 Å². The maximum Gasteiger partial charge on any atom is 0.238 e. The SMILES string of the molecule is O=C(CN1CCCCC1)Nc1c2c(nc3ccc(Br)cc13)CCCC2. The number of nitrogens with zero attached hydrogens (tertiary/aromatic N) is 2. The molecule has 0 saturated carbocycles. The van der Waals surface area contributed by atoms with Crippen LogP contribution in [0.15, 0.2) is 22.7 Å². The lowest BCUT2D eigenvalue weighted by Gasteiger charge is -2.26. The minimum absolute atomic E-state index is 0.0992. The molecule has 0 atom stereocenters. The van der Waals surface area contributed by atoms with Gasteiger partial charge in [0.05, 0.1) is 17.7 Å². The van der Waals surface area contributed by atoms with Crippen molar-refractivity contribution >= 4 is 38.4 Å². The summed E-state index contributed by atoms with van der Waals surface area (Å²) in [5.74, 6) is 0.0992. The predicted octanol–water partition coefficient (Wildman–Crippen LogP) is 4.30. The molecule has 4 nitrogen and oxygen atoms in total. The summed E-state index contributed by atoms with van der Waals surface area (Å²) in [6.45, 7) is 2.56. The molecule has 0 spiro atoms. The molecule has 4 rings (SSSR count). The quantitative estimate of drug-likeness (QED) is 0.833. The fourth-order valence-corrected chi connectivity index (χ4v) is 4.40. The number of carbonyl (C=O) groups is 1. The van der Waals surface area contributed by atoms with Crippen molar-refractivity contribution in [2.24, 2.45) is 0 Å². The molecule has 2 aromatic rings. The zero-order chi connectivity index (χ0) is 17.2. The van der Waals surface area contributed by atoms with Crippen molar-refractivity contribution in [3.63, 3.8) is 0 Å². The van der Waals surface area contributed by atoms with Gasteiger partial charge in [-0.05, 0) is 75.4 Å². The van der Waals surface area contributed by atoms with E-state index in [2.05, 4.69) is 32.2 Å². The molecule has 5 heteroatoms. The van der Waals surface area contributed by atoms with Gasteiger partial charge in [0.25, 0.3) is 0 Å². The monoisotopic (exact) mass is 401 g/mol. The van der Waals surface area contributed by atoms with Gasteiger partial charge in [0.2, 0.25) is 5.91 Å². The molecule has 1 N–H and O–H groups in total. The summed E-state index contributed by atoms with van der Waals surface area (Å²) in [4.78, 5) is 19.8. The van der Waals surface area contributed by atoms with E-state index >= 15 is 0 Å². The number of nitrogens with one attached hydrogen (secondary N) is 1. The zero-order valence-corrected chi connectivity index (χ0v) is 16.1. The topological polar surface area (TPSA) is 45.2 Å². The van der Waals surface area contributed by atoms with Crippen LogP contribution in [0.4, 0.5) is 5.69 Å². The molecule has 1 aliphatic carbocycles. The molecule has 25 heavy (non-hydrogen) atoms. The Morgan fingerprint density at radius 2 is 1.92 bits per heavy atom. The number of halogens is 1. The van der Waals surface area contributed by atoms with Crippen LogP contribution in [0, 0.1) is 0 Å². The first kappa shape index (κ1) is 17.0. The van der Waals surface area contributed by atoms with Crippen LogP contribution in [-0.2, 0) is 17.6 Å². The predicted molar refractivity (Wildman–Crippen MR) is 105 cm³/mol. The summed E-state index contributed by atoms with van der Waals surface area (Å²) < 4.78 is 1.02. The van der Waals surface area contributed by atoms with Crippen LogP contribution >= 0.6 is 15.9 Å². The minimum Gasteiger partial charge on any atom is -0.324 e. The van der Waals surface area contributed by atoms with E-state index in [4.69, 9.17) is 4.98 Å². The number of piperidine rings is 1. The van der Waals surface area contributed by atoms with Crippen LogP contribution in [0.5, 0.6) is 0 Å². The van der Waals surface area contributed by atoms with E-state index in [-0.39, 0.29) is 5.91 Å². The van der Waals surface area contributed by atoms with Crippen molar-refractivity contribution in [3.8, 4) is 0 Å². The average molecular weight is 402 g/mol. The molecule has 0 radical (unpaired) electrons. The average Bonchev–Trinajstić information content (AvgIpc) is 2.63. The Hall–Kier alpha value is -1.46. The second-order valence-electron chi connectivity index (χ2n) is 7.17. The van der Waals surface area contributed by atoms with Crippen molar-refractivity contribution in [1.82, 2.24) is 9.88 Å². The van der Waals surface area contributed by atoms with E-state index in [0.717, 1.165) is 52.7 Å². The molecule has 1 amide bonds. The van der Waals surface area contributed by atoms with Gasteiger partial charge in [-0.15, -0.1) is 0 Å². The highest BCUT2D eigenvalue weighted by Crippen LogP contribution is 2.34. The third-order valence-electron chi connectivity index (χ3n) is 5.30. The van der Waals surface area contributed by atoms with Crippen molar-refractivity contribution < 1.29 is 4.79 Å². The van der Waals surface area contributed by atoms with Crippen LogP contribution in [0.25, 0.3) is 10.9 Å². The van der Waals surface area contributed by atoms with Crippen LogP contribution in [0.2, 0.25) is 0 Å². The van der Waals surface area contributed by atoms with Crippen molar-refractivity contribution in [2.45, 2.75) is 44.9 Å². The van der Waals surface area contributed by atoms with Gasteiger partial charge in [0.15, 0.2) is 0 Å². The minimum atomic E-state index is 0.0992. The zero-order valence-electron chi connectivity index (χ0n) is 14.5. The Morgan fingerprint density at radius 1 is 1.12 bits per heavy atom. The molecule has 2 heterocycles. The molecule has 132 valence electrons. The molecular weight excluding hydrogens is 378 g/mol. The van der Waals surface area contributed by atoms with Crippen LogP contribution in [0.3, 0.4) is 0 Å². The number of anilines is 1. The third-order valence-corrected chi connectivity index (χ3v) is 5.80. The second kappa shape index (κ2) is 7.42. The molecule has 2 aliphatic rings. The van der Waals surface area contributed by atoms with Gasteiger partial charge < -0.3 is 5.32 Å². The summed E-state index contributed by atoms with van der Waals surface area (Å²) >= 11 is 3.56. The number of aryl methyl sites for hydroxylation is 1. The highest BCUT2D eigenvalue weighted by Gasteiger charge is 2.21. The molecule has 1 aliphatic heterocycles. The number of hydrogen-bond donors (Lipinski definition) is 1. The lowest BCUT2D eigenvalue weighted by Crippen LogP contribution is -2.37. The van der Waals surface area contributed by atoms with E-state index in [1.54, 1.807) is 0 Å². The number of hydrogen-bond acceptors (Lipinski definition) is 3. The standard InChI is InChI=1S/C20H24BrN3O/c21-14-8-9-18-16(12-14)20(15-6-2-3-7-17(15)22-18)23-19(25)13-24-10-4-1-5-11-24/h8-9,12H,1-7,10-11,13H2,(H,22,23,25). The summed E-state index contributed by atoms with van der Waals surface area (Å²) in [6.07, 6.45) is 8.06. The van der Waals surface area contributed by atoms with Gasteiger partial charge in [-0.1, -0.05) is 22.4 Å². The maximum atomic E-state index is 12.7. The Bertz CT molecular complexity index is 799. The largest absolute Gasteiger partial charge is 0.324 e. The molecule has 0 bridgehead atoms. The Balaban J connectivity index is 1.66. The highest BCUT2D eigenvalue weighted by atomic mass is 79.9. The first-order valence-corrected chi connectivity index (χ1v) is 10.1. The number of benzene rings is 1. The first-order chi connectivity index (χ1) is 12.2. The number of amides is 1. The van der Waals surface area contributed by atoms with E-state index in [1.807, 2.05) is 12.1 Å². The molecule has 1 aromatic heterocycles. The number of fused-ring (bicyclic) bond motifs is 2. The summed E-state index contributed by atoms with van der Waals surface area (Å²) in [5, 5.41) is 4.29. The van der Waals surface area contributed by atoms with Gasteiger partial charge in [0, 0.05) is 15.6 Å². The number of rotatable bonds is 3. The third kappa shape index (κ3) is 3.72. The van der Waals surface area contributed by atoms with Gasteiger partial charge in [-0.2, -0.15) is 0 Å². The number of pyridine rings is 1. The number of aromatic nitrogens is 1. The number of likely N-dealkylation sites (tertiary alicyclic amines) is 1. The van der Waals surface area contributed by atoms with E-state index < -0.39 is 0 Å². The molecule has 1 fully saturated rings. The molecule has 0 unspecified atom stereocenters. The Labute approximate surface area is 157 Å². The van der Waals surface area contributed by atoms with Crippen molar-refractivity contribution in [1.29, 1.82) is 0 Å². The fourth-order valence-electron chi connectivity index (χ4n) is 4.04. The van der Waals surface area contributed by atoms with E-state index in [1.165, 1.54) is 37.7 Å². The smallest absolute Gasteiger partial charge is 0.238 e. The first-order valence-electron chi connectivity index (χ1n) is 9.34. The van der Waals surface area contributed by atoms with E-state index in [9.17, 15) is 4.79 Å². The van der Waals surface area contributed by atoms with Gasteiger partial charge >= 0.3 is 0 Å². The lowest BCUT2D eigenvalue weighted by molar-refractivity contribution is -0.117. The summed E-state index contributed by atoms with van der Waals surface area (Å²) in [7, 11) is 0. The summed E-state index contributed by atoms with van der Waals surface area (Å²) in [5.41, 5.74) is 4.36. The maximum absolute atomic E-state index is 12.7. The molecular formula is C20H24BrN3O. The van der Waals surface area contributed by atoms with Crippen LogP contribution < -0.4 is 5.32 Å². The van der Waals surface area contributed by atoms with Crippen LogP contribution in [-0.4, -0.2) is 35.4 Å². The van der Waals surface area contributed by atoms with Crippen molar-refractivity contribution in [3.05, 3.63) is 33.9 Å². The van der Waals surface area contributed by atoms with E-state index in [0.29, 0.717) is 6.54 Å². The Morgan fingerprint density at radius 3 is 2.76 bits per heavy atom. The second-order valence-corrected chi connectivity index (χ2v) is 8.08. The summed E-state index contributed by atoms with van der Waals surface area (Å²) in [6, 6.07) is 6.13. The Kier molecular flexibility index (Phi) is 5.04. The fraction of sp³-hybridized carbons (Fsp3) is 0.500. The molecule has 1 aromatic carbocycles. The van der Waals surface area contributed by atoms with Gasteiger partial charge in [-0.25, -0.2) is 0 Å². The lowest BCUT2D eigenvalue weighted by atomic mass is 9.92. The van der Waals surface area contributed by atoms with Crippen molar-refractivity contribution in [2.75, 3.05) is 25.0 Å².